The molecule has 3 aliphatic rings. The van der Waals surface area contributed by atoms with Gasteiger partial charge < -0.3 is 20.9 Å². The Labute approximate surface area is 201 Å². The minimum atomic E-state index is -0.457. The first-order chi connectivity index (χ1) is 16.2. The fraction of sp³-hybridized carbons (Fsp3) is 0.577. The third-order valence-corrected chi connectivity index (χ3v) is 7.54. The number of nitrogens with one attached hydrogen (secondary N) is 1. The lowest BCUT2D eigenvalue weighted by atomic mass is 9.87. The standard InChI is InChI=1S/C26H36N6O2/c1-17-23-22(15-26(2,3)31(25(23)34)16-18-6-7-18)32(29-17)19-8-9-20(24(27)33)21(14-19)28-10-13-30-11-4-5-12-30/h8-9,14,18,28H,4-7,10-13,15-16H2,1-3H3,(H2,27,33). The Morgan fingerprint density at radius 1 is 1.24 bits per heavy atom. The van der Waals surface area contributed by atoms with E-state index in [9.17, 15) is 9.59 Å². The van der Waals surface area contributed by atoms with E-state index >= 15 is 0 Å². The average Bonchev–Trinajstić information content (AvgIpc) is 3.34. The second kappa shape index (κ2) is 8.73. The second-order valence-corrected chi connectivity index (χ2v) is 10.7. The maximum Gasteiger partial charge on any atom is 0.258 e. The third kappa shape index (κ3) is 4.31. The molecule has 1 aromatic heterocycles. The lowest BCUT2D eigenvalue weighted by Crippen LogP contribution is -2.53. The van der Waals surface area contributed by atoms with Crippen molar-refractivity contribution in [2.45, 2.75) is 58.4 Å². The number of nitrogens with two attached hydrogens (primary N) is 1. The Morgan fingerprint density at radius 2 is 1.97 bits per heavy atom. The number of aromatic nitrogens is 2. The molecule has 0 atom stereocenters. The van der Waals surface area contributed by atoms with Gasteiger partial charge in [0, 0.05) is 37.3 Å². The first-order valence-electron chi connectivity index (χ1n) is 12.6. The van der Waals surface area contributed by atoms with Gasteiger partial charge in [-0.1, -0.05) is 0 Å². The van der Waals surface area contributed by atoms with Gasteiger partial charge in [0.2, 0.25) is 0 Å². The van der Waals surface area contributed by atoms with Crippen LogP contribution in [0.15, 0.2) is 18.2 Å². The molecule has 1 saturated heterocycles. The highest BCUT2D eigenvalue weighted by Crippen LogP contribution is 2.38. The smallest absolute Gasteiger partial charge is 0.258 e. The molecule has 0 radical (unpaired) electrons. The summed E-state index contributed by atoms with van der Waals surface area (Å²) in [6.07, 6.45) is 5.66. The highest BCUT2D eigenvalue weighted by atomic mass is 16.2. The summed E-state index contributed by atoms with van der Waals surface area (Å²) in [6, 6.07) is 5.56. The number of hydrogen-bond donors (Lipinski definition) is 2. The maximum atomic E-state index is 13.5. The summed E-state index contributed by atoms with van der Waals surface area (Å²) in [5.74, 6) is 0.260. The summed E-state index contributed by atoms with van der Waals surface area (Å²) >= 11 is 0. The van der Waals surface area contributed by atoms with Gasteiger partial charge in [0.25, 0.3) is 11.8 Å². The van der Waals surface area contributed by atoms with Gasteiger partial charge in [0.15, 0.2) is 0 Å². The van der Waals surface area contributed by atoms with E-state index < -0.39 is 5.91 Å². The monoisotopic (exact) mass is 464 g/mol. The summed E-state index contributed by atoms with van der Waals surface area (Å²) in [5, 5.41) is 8.20. The summed E-state index contributed by atoms with van der Waals surface area (Å²) in [4.78, 5) is 30.1. The van der Waals surface area contributed by atoms with Crippen molar-refractivity contribution in [3.8, 4) is 5.69 Å². The molecule has 2 aliphatic heterocycles. The topological polar surface area (TPSA) is 96.5 Å². The minimum Gasteiger partial charge on any atom is -0.383 e. The molecule has 1 aromatic carbocycles. The number of aryl methyl sites for hydroxylation is 1. The molecule has 1 saturated carbocycles. The number of amides is 2. The van der Waals surface area contributed by atoms with E-state index in [4.69, 9.17) is 10.8 Å². The van der Waals surface area contributed by atoms with Gasteiger partial charge in [0.05, 0.1) is 28.2 Å². The number of anilines is 1. The van der Waals surface area contributed by atoms with Crippen LogP contribution in [0.5, 0.6) is 0 Å². The summed E-state index contributed by atoms with van der Waals surface area (Å²) < 4.78 is 1.88. The number of fused-ring (bicyclic) bond motifs is 1. The Bertz CT molecular complexity index is 1110. The van der Waals surface area contributed by atoms with Gasteiger partial charge in [-0.05, 0) is 83.7 Å². The quantitative estimate of drug-likeness (QED) is 0.626. The summed E-state index contributed by atoms with van der Waals surface area (Å²) in [6.45, 7) is 11.0. The molecule has 8 nitrogen and oxygen atoms in total. The molecule has 2 aromatic rings. The van der Waals surface area contributed by atoms with Gasteiger partial charge in [-0.3, -0.25) is 9.59 Å². The lowest BCUT2D eigenvalue weighted by Gasteiger charge is -2.42. The van der Waals surface area contributed by atoms with Crippen LogP contribution in [0.4, 0.5) is 5.69 Å². The van der Waals surface area contributed by atoms with Crippen LogP contribution in [0.25, 0.3) is 5.69 Å². The van der Waals surface area contributed by atoms with Gasteiger partial charge >= 0.3 is 0 Å². The molecular weight excluding hydrogens is 428 g/mol. The van der Waals surface area contributed by atoms with Crippen molar-refractivity contribution < 1.29 is 9.59 Å². The Kier molecular flexibility index (Phi) is 5.88. The second-order valence-electron chi connectivity index (χ2n) is 10.7. The van der Waals surface area contributed by atoms with E-state index in [-0.39, 0.29) is 11.4 Å². The van der Waals surface area contributed by atoms with Gasteiger partial charge in [-0.2, -0.15) is 5.10 Å². The molecule has 0 bridgehead atoms. The zero-order valence-corrected chi connectivity index (χ0v) is 20.6. The molecule has 3 N–H and O–H groups in total. The molecule has 0 unspecified atom stereocenters. The van der Waals surface area contributed by atoms with Crippen molar-refractivity contribution >= 4 is 17.5 Å². The Hall–Kier alpha value is -2.87. The Balaban J connectivity index is 1.45. The zero-order valence-electron chi connectivity index (χ0n) is 20.6. The fourth-order valence-corrected chi connectivity index (χ4v) is 5.41. The first-order valence-corrected chi connectivity index (χ1v) is 12.6. The molecule has 1 aliphatic carbocycles. The number of benzene rings is 1. The van der Waals surface area contributed by atoms with Crippen molar-refractivity contribution in [1.82, 2.24) is 19.6 Å². The fourth-order valence-electron chi connectivity index (χ4n) is 5.41. The van der Waals surface area contributed by atoms with Crippen LogP contribution in [0.1, 0.15) is 71.6 Å². The highest BCUT2D eigenvalue weighted by molar-refractivity contribution is 5.99. The highest BCUT2D eigenvalue weighted by Gasteiger charge is 2.43. The Morgan fingerprint density at radius 3 is 2.65 bits per heavy atom. The number of carbonyl (C=O) groups is 2. The lowest BCUT2D eigenvalue weighted by molar-refractivity contribution is 0.0487. The van der Waals surface area contributed by atoms with Gasteiger partial charge in [-0.15, -0.1) is 0 Å². The number of likely N-dealkylation sites (tertiary alicyclic amines) is 1. The first kappa shape index (κ1) is 22.9. The van der Waals surface area contributed by atoms with Crippen molar-refractivity contribution in [1.29, 1.82) is 0 Å². The van der Waals surface area contributed by atoms with E-state index in [0.29, 0.717) is 17.2 Å². The molecule has 3 heterocycles. The normalized spacial score (nSPS) is 20.0. The summed E-state index contributed by atoms with van der Waals surface area (Å²) in [5.41, 5.74) is 9.81. The number of carbonyl (C=O) groups excluding carboxylic acids is 2. The molecule has 8 heteroatoms. The molecule has 34 heavy (non-hydrogen) atoms. The van der Waals surface area contributed by atoms with Crippen LogP contribution in [0.3, 0.4) is 0 Å². The van der Waals surface area contributed by atoms with E-state index in [0.717, 1.165) is 61.8 Å². The number of hydrogen-bond acceptors (Lipinski definition) is 5. The molecule has 182 valence electrons. The average molecular weight is 465 g/mol. The number of primary amides is 1. The van der Waals surface area contributed by atoms with E-state index in [1.165, 1.54) is 25.7 Å². The number of rotatable bonds is 8. The largest absolute Gasteiger partial charge is 0.383 e. The van der Waals surface area contributed by atoms with Gasteiger partial charge in [0.1, 0.15) is 0 Å². The van der Waals surface area contributed by atoms with E-state index in [1.807, 2.05) is 28.6 Å². The van der Waals surface area contributed by atoms with Crippen molar-refractivity contribution in [2.24, 2.45) is 11.7 Å². The van der Waals surface area contributed by atoms with Crippen LogP contribution in [-0.4, -0.2) is 69.7 Å². The summed E-state index contributed by atoms with van der Waals surface area (Å²) in [7, 11) is 0. The SMILES string of the molecule is Cc1nn(-c2ccc(C(N)=O)c(NCCN3CCCC3)c2)c2c1C(=O)N(CC1CC1)C(C)(C)C2. The predicted octanol–water partition coefficient (Wildman–Crippen LogP) is 2.97. The molecular formula is C26H36N6O2. The van der Waals surface area contributed by atoms with Gasteiger partial charge in [-0.25, -0.2) is 4.68 Å². The molecule has 2 amide bonds. The van der Waals surface area contributed by atoms with Crippen molar-refractivity contribution in [3.63, 3.8) is 0 Å². The maximum absolute atomic E-state index is 13.5. The van der Waals surface area contributed by atoms with E-state index in [1.54, 1.807) is 6.07 Å². The van der Waals surface area contributed by atoms with Crippen molar-refractivity contribution in [2.75, 3.05) is 38.0 Å². The van der Waals surface area contributed by atoms with Crippen LogP contribution < -0.4 is 11.1 Å². The van der Waals surface area contributed by atoms with Crippen LogP contribution in [-0.2, 0) is 6.42 Å². The minimum absolute atomic E-state index is 0.0830. The zero-order chi connectivity index (χ0) is 24.0. The number of nitrogens with zero attached hydrogens (tertiary/aromatic N) is 4. The third-order valence-electron chi connectivity index (χ3n) is 7.54. The molecule has 0 spiro atoms. The van der Waals surface area contributed by atoms with Crippen LogP contribution in [0, 0.1) is 12.8 Å². The van der Waals surface area contributed by atoms with E-state index in [2.05, 4.69) is 24.1 Å². The predicted molar refractivity (Wildman–Crippen MR) is 133 cm³/mol. The van der Waals surface area contributed by atoms with Crippen LogP contribution in [0.2, 0.25) is 0 Å². The molecule has 2 fully saturated rings. The molecule has 5 rings (SSSR count). The van der Waals surface area contributed by atoms with Crippen LogP contribution >= 0.6 is 0 Å². The van der Waals surface area contributed by atoms with Crippen molar-refractivity contribution in [3.05, 3.63) is 40.7 Å².